The molecule has 0 heterocycles. The fourth-order valence-electron chi connectivity index (χ4n) is 1.08. The first-order chi connectivity index (χ1) is 6.68. The average molecular weight is 226 g/mol. The number of aliphatic hydroxyl groups is 1. The third kappa shape index (κ3) is 4.74. The fourth-order valence-corrected chi connectivity index (χ4v) is 1.76. The molecule has 1 aromatic rings. The maximum absolute atomic E-state index is 9.00. The minimum atomic E-state index is -0.599. The molecular weight excluding hydrogens is 212 g/mol. The highest BCUT2D eigenvalue weighted by molar-refractivity contribution is 7.81. The summed E-state index contributed by atoms with van der Waals surface area (Å²) in [6.07, 6.45) is 4.50. The molecule has 0 fully saturated rings. The van der Waals surface area contributed by atoms with Crippen LogP contribution in [0.1, 0.15) is 12.0 Å². The minimum Gasteiger partial charge on any atom is -0.383 e. The summed E-state index contributed by atoms with van der Waals surface area (Å²) in [5.41, 5.74) is 0.540. The van der Waals surface area contributed by atoms with Crippen LogP contribution in [0.15, 0.2) is 36.4 Å². The van der Waals surface area contributed by atoms with Crippen molar-refractivity contribution in [1.29, 1.82) is 0 Å². The fraction of sp³-hybridized carbons (Fsp3) is 0.273. The van der Waals surface area contributed by atoms with E-state index in [1.54, 1.807) is 0 Å². The molecule has 2 unspecified atom stereocenters. The Hall–Kier alpha value is -0.380. The molecule has 0 saturated heterocycles. The summed E-state index contributed by atoms with van der Waals surface area (Å²) in [5, 5.41) is 9.05. The predicted octanol–water partition coefficient (Wildman–Crippen LogP) is 2.64. The van der Waals surface area contributed by atoms with Gasteiger partial charge in [-0.3, -0.25) is 0 Å². The van der Waals surface area contributed by atoms with E-state index in [0.29, 0.717) is 6.42 Å². The molecule has 0 spiro atoms. The molecule has 1 rings (SSSR count). The van der Waals surface area contributed by atoms with Gasteiger partial charge in [-0.05, 0) is 12.0 Å². The average Bonchev–Trinajstić information content (AvgIpc) is 2.15. The Morgan fingerprint density at radius 1 is 1.21 bits per heavy atom. The Kier molecular flexibility index (Phi) is 5.15. The largest absolute Gasteiger partial charge is 0.383 e. The van der Waals surface area contributed by atoms with E-state index in [0.717, 1.165) is 5.56 Å². The second kappa shape index (κ2) is 6.17. The molecular formula is C11H14OS2. The maximum atomic E-state index is 9.00. The van der Waals surface area contributed by atoms with E-state index in [9.17, 15) is 0 Å². The van der Waals surface area contributed by atoms with Crippen LogP contribution in [-0.2, 0) is 0 Å². The van der Waals surface area contributed by atoms with Gasteiger partial charge in [0.05, 0.1) is 5.44 Å². The highest BCUT2D eigenvalue weighted by atomic mass is 32.1. The first-order valence-corrected chi connectivity index (χ1v) is 5.49. The zero-order valence-corrected chi connectivity index (χ0v) is 9.53. The van der Waals surface area contributed by atoms with Crippen LogP contribution in [-0.4, -0.2) is 15.8 Å². The van der Waals surface area contributed by atoms with Gasteiger partial charge in [-0.15, -0.1) is 12.6 Å². The van der Waals surface area contributed by atoms with Gasteiger partial charge in [0, 0.05) is 5.25 Å². The third-order valence-electron chi connectivity index (χ3n) is 1.76. The van der Waals surface area contributed by atoms with Crippen LogP contribution in [0, 0.1) is 0 Å². The lowest BCUT2D eigenvalue weighted by Crippen LogP contribution is -2.04. The third-order valence-corrected chi connectivity index (χ3v) is 2.36. The van der Waals surface area contributed by atoms with Crippen molar-refractivity contribution in [2.24, 2.45) is 0 Å². The second-order valence-electron chi connectivity index (χ2n) is 3.05. The highest BCUT2D eigenvalue weighted by Crippen LogP contribution is 2.11. The van der Waals surface area contributed by atoms with E-state index in [-0.39, 0.29) is 5.25 Å². The molecule has 3 heteroatoms. The lowest BCUT2D eigenvalue weighted by atomic mass is 10.2. The van der Waals surface area contributed by atoms with Crippen molar-refractivity contribution in [1.82, 2.24) is 0 Å². The first-order valence-electron chi connectivity index (χ1n) is 4.46. The second-order valence-corrected chi connectivity index (χ2v) is 4.31. The summed E-state index contributed by atoms with van der Waals surface area (Å²) in [5.74, 6) is 0. The number of thiol groups is 2. The lowest BCUT2D eigenvalue weighted by molar-refractivity contribution is 0.258. The lowest BCUT2D eigenvalue weighted by Gasteiger charge is -2.06. The van der Waals surface area contributed by atoms with Crippen LogP contribution in [0.3, 0.4) is 0 Å². The Balaban J connectivity index is 2.48. The number of benzene rings is 1. The van der Waals surface area contributed by atoms with Crippen molar-refractivity contribution < 1.29 is 5.11 Å². The van der Waals surface area contributed by atoms with E-state index in [1.165, 1.54) is 0 Å². The van der Waals surface area contributed by atoms with Crippen LogP contribution in [0.4, 0.5) is 0 Å². The van der Waals surface area contributed by atoms with E-state index in [1.807, 2.05) is 42.5 Å². The van der Waals surface area contributed by atoms with Gasteiger partial charge in [-0.1, -0.05) is 42.5 Å². The van der Waals surface area contributed by atoms with Gasteiger partial charge in [-0.2, -0.15) is 12.6 Å². The van der Waals surface area contributed by atoms with Gasteiger partial charge in [-0.25, -0.2) is 0 Å². The van der Waals surface area contributed by atoms with Crippen molar-refractivity contribution in [2.75, 3.05) is 0 Å². The van der Waals surface area contributed by atoms with Crippen molar-refractivity contribution >= 4 is 31.3 Å². The molecule has 14 heavy (non-hydrogen) atoms. The normalized spacial score (nSPS) is 15.6. The van der Waals surface area contributed by atoms with Crippen LogP contribution < -0.4 is 0 Å². The van der Waals surface area contributed by atoms with Gasteiger partial charge in [0.15, 0.2) is 0 Å². The van der Waals surface area contributed by atoms with Crippen molar-refractivity contribution in [2.45, 2.75) is 17.1 Å². The zero-order chi connectivity index (χ0) is 10.4. The standard InChI is InChI=1S/C11H14OS2/c12-11(14)8-10(13)7-6-9-4-2-1-3-5-9/h1-7,10-14H,8H2. The van der Waals surface area contributed by atoms with Gasteiger partial charge in [0.2, 0.25) is 0 Å². The Labute approximate surface area is 95.7 Å². The minimum absolute atomic E-state index is 0.0442. The maximum Gasteiger partial charge on any atom is 0.0978 e. The number of hydrogen-bond donors (Lipinski definition) is 3. The van der Waals surface area contributed by atoms with Crippen molar-refractivity contribution in [3.8, 4) is 0 Å². The summed E-state index contributed by atoms with van der Waals surface area (Å²) < 4.78 is 0. The van der Waals surface area contributed by atoms with Gasteiger partial charge in [0.1, 0.15) is 0 Å². The number of hydrogen-bond acceptors (Lipinski definition) is 3. The van der Waals surface area contributed by atoms with E-state index in [4.69, 9.17) is 5.11 Å². The molecule has 0 aliphatic rings. The first kappa shape index (κ1) is 11.7. The molecule has 0 saturated carbocycles. The molecule has 0 bridgehead atoms. The van der Waals surface area contributed by atoms with Gasteiger partial charge >= 0.3 is 0 Å². The monoisotopic (exact) mass is 226 g/mol. The summed E-state index contributed by atoms with van der Waals surface area (Å²) in [7, 11) is 0. The molecule has 1 N–H and O–H groups in total. The molecule has 0 radical (unpaired) electrons. The molecule has 2 atom stereocenters. The zero-order valence-electron chi connectivity index (χ0n) is 7.74. The Morgan fingerprint density at radius 2 is 1.86 bits per heavy atom. The smallest absolute Gasteiger partial charge is 0.0978 e. The molecule has 76 valence electrons. The Bertz CT molecular complexity index is 283. The van der Waals surface area contributed by atoms with E-state index < -0.39 is 5.44 Å². The van der Waals surface area contributed by atoms with Crippen LogP contribution in [0.25, 0.3) is 6.08 Å². The number of aliphatic hydroxyl groups excluding tert-OH is 1. The SMILES string of the molecule is OC(S)CC(S)C=Cc1ccccc1. The molecule has 0 amide bonds. The summed E-state index contributed by atoms with van der Waals surface area (Å²) in [6, 6.07) is 10.00. The quantitative estimate of drug-likeness (QED) is 0.532. The van der Waals surface area contributed by atoms with E-state index >= 15 is 0 Å². The van der Waals surface area contributed by atoms with Crippen LogP contribution in [0.2, 0.25) is 0 Å². The predicted molar refractivity (Wildman–Crippen MR) is 67.9 cm³/mol. The molecule has 1 aromatic carbocycles. The van der Waals surface area contributed by atoms with Crippen molar-refractivity contribution in [3.63, 3.8) is 0 Å². The number of rotatable bonds is 4. The molecule has 1 nitrogen and oxygen atoms in total. The summed E-state index contributed by atoms with van der Waals surface area (Å²) >= 11 is 8.19. The molecule has 0 aliphatic heterocycles. The summed E-state index contributed by atoms with van der Waals surface area (Å²) in [6.45, 7) is 0. The van der Waals surface area contributed by atoms with Gasteiger partial charge < -0.3 is 5.11 Å². The van der Waals surface area contributed by atoms with Crippen LogP contribution >= 0.6 is 25.3 Å². The van der Waals surface area contributed by atoms with Crippen molar-refractivity contribution in [3.05, 3.63) is 42.0 Å². The topological polar surface area (TPSA) is 20.2 Å². The van der Waals surface area contributed by atoms with E-state index in [2.05, 4.69) is 25.3 Å². The molecule has 0 aromatic heterocycles. The highest BCUT2D eigenvalue weighted by Gasteiger charge is 2.02. The Morgan fingerprint density at radius 3 is 2.43 bits per heavy atom. The van der Waals surface area contributed by atoms with Crippen LogP contribution in [0.5, 0.6) is 0 Å². The van der Waals surface area contributed by atoms with Gasteiger partial charge in [0.25, 0.3) is 0 Å². The molecule has 0 aliphatic carbocycles. The summed E-state index contributed by atoms with van der Waals surface area (Å²) in [4.78, 5) is 0.